The smallest absolute Gasteiger partial charge is 0.146 e. The van der Waals surface area contributed by atoms with Gasteiger partial charge in [0.25, 0.3) is 0 Å². The molecule has 1 aliphatic heterocycles. The van der Waals surface area contributed by atoms with Crippen molar-refractivity contribution in [2.75, 3.05) is 12.3 Å². The molecule has 2 rings (SSSR count). The Morgan fingerprint density at radius 2 is 2.00 bits per heavy atom. The minimum absolute atomic E-state index is 0.159. The van der Waals surface area contributed by atoms with Gasteiger partial charge in [0.1, 0.15) is 5.82 Å². The summed E-state index contributed by atoms with van der Waals surface area (Å²) in [6.07, 6.45) is 3.16. The monoisotopic (exact) mass is 262 g/mol. The summed E-state index contributed by atoms with van der Waals surface area (Å²) in [5.41, 5.74) is 9.24. The molecule has 19 heavy (non-hydrogen) atoms. The highest BCUT2D eigenvalue weighted by molar-refractivity contribution is 5.71. The Morgan fingerprint density at radius 3 is 2.63 bits per heavy atom. The molecule has 1 aliphatic rings. The average molecular weight is 262 g/mol. The van der Waals surface area contributed by atoms with E-state index in [1.54, 1.807) is 12.1 Å². The lowest BCUT2D eigenvalue weighted by Gasteiger charge is -2.33. The van der Waals surface area contributed by atoms with E-state index in [-0.39, 0.29) is 16.9 Å². The normalized spacial score (nSPS) is 20.3. The molecule has 2 nitrogen and oxygen atoms in total. The van der Waals surface area contributed by atoms with Crippen LogP contribution in [0.2, 0.25) is 0 Å². The fourth-order valence-corrected chi connectivity index (χ4v) is 2.54. The number of aryl methyl sites for hydroxylation is 1. The van der Waals surface area contributed by atoms with Gasteiger partial charge in [-0.3, -0.25) is 0 Å². The minimum atomic E-state index is -0.327. The number of nitrogens with one attached hydrogen (secondary N) is 1. The molecule has 1 heterocycles. The zero-order valence-corrected chi connectivity index (χ0v) is 12.2. The van der Waals surface area contributed by atoms with Crippen molar-refractivity contribution in [1.82, 2.24) is 5.32 Å². The van der Waals surface area contributed by atoms with E-state index >= 15 is 0 Å². The molecule has 1 aromatic rings. The van der Waals surface area contributed by atoms with Gasteiger partial charge in [0.2, 0.25) is 0 Å². The molecular formula is C16H23FN2. The number of hydrogen-bond acceptors (Lipinski definition) is 2. The van der Waals surface area contributed by atoms with Crippen molar-refractivity contribution in [3.63, 3.8) is 0 Å². The molecule has 0 fully saturated rings. The number of halogens is 1. The van der Waals surface area contributed by atoms with Crippen LogP contribution in [0.3, 0.4) is 0 Å². The van der Waals surface area contributed by atoms with E-state index in [2.05, 4.69) is 32.2 Å². The van der Waals surface area contributed by atoms with Crippen LogP contribution in [0.5, 0.6) is 0 Å². The van der Waals surface area contributed by atoms with E-state index in [0.717, 1.165) is 24.1 Å². The van der Waals surface area contributed by atoms with E-state index in [4.69, 9.17) is 5.73 Å². The van der Waals surface area contributed by atoms with Crippen molar-refractivity contribution in [3.05, 3.63) is 35.2 Å². The van der Waals surface area contributed by atoms with Crippen LogP contribution in [-0.4, -0.2) is 12.6 Å². The van der Waals surface area contributed by atoms with Crippen LogP contribution in [-0.2, 0) is 0 Å². The Kier molecular flexibility index (Phi) is 3.68. The molecule has 0 saturated carbocycles. The van der Waals surface area contributed by atoms with Gasteiger partial charge in [-0.2, -0.15) is 0 Å². The first-order valence-corrected chi connectivity index (χ1v) is 6.79. The summed E-state index contributed by atoms with van der Waals surface area (Å²) < 4.78 is 13.7. The third kappa shape index (κ3) is 2.98. The predicted octanol–water partition coefficient (Wildman–Crippen LogP) is 3.51. The molecule has 3 heteroatoms. The van der Waals surface area contributed by atoms with E-state index in [0.29, 0.717) is 6.04 Å². The highest BCUT2D eigenvalue weighted by atomic mass is 19.1. The lowest BCUT2D eigenvalue weighted by atomic mass is 9.82. The van der Waals surface area contributed by atoms with Crippen LogP contribution >= 0.6 is 0 Å². The highest BCUT2D eigenvalue weighted by Gasteiger charge is 2.26. The van der Waals surface area contributed by atoms with Gasteiger partial charge in [0.05, 0.1) is 5.69 Å². The SMILES string of the molecule is Cc1cc(N)c(F)cc1C1=CC(C(C)(C)C)NCC1. The van der Waals surface area contributed by atoms with Crippen LogP contribution in [0.25, 0.3) is 5.57 Å². The van der Waals surface area contributed by atoms with Gasteiger partial charge < -0.3 is 11.1 Å². The lowest BCUT2D eigenvalue weighted by molar-refractivity contribution is 0.310. The Hall–Kier alpha value is -1.35. The lowest BCUT2D eigenvalue weighted by Crippen LogP contribution is -2.41. The largest absolute Gasteiger partial charge is 0.396 e. The third-order valence-electron chi connectivity index (χ3n) is 3.75. The second-order valence-corrected chi connectivity index (χ2v) is 6.43. The van der Waals surface area contributed by atoms with Gasteiger partial charge in [0.15, 0.2) is 0 Å². The van der Waals surface area contributed by atoms with Crippen molar-refractivity contribution in [2.24, 2.45) is 5.41 Å². The first-order valence-electron chi connectivity index (χ1n) is 6.79. The molecule has 104 valence electrons. The van der Waals surface area contributed by atoms with E-state index in [1.807, 2.05) is 6.92 Å². The Morgan fingerprint density at radius 1 is 1.32 bits per heavy atom. The minimum Gasteiger partial charge on any atom is -0.396 e. The Labute approximate surface area is 114 Å². The standard InChI is InChI=1S/C16H23FN2/c1-10-7-14(18)13(17)9-12(10)11-5-6-19-15(8-11)16(2,3)4/h7-9,15,19H,5-6,18H2,1-4H3. The molecule has 0 bridgehead atoms. The molecule has 0 aliphatic carbocycles. The van der Waals surface area contributed by atoms with Gasteiger partial charge in [-0.05, 0) is 54.1 Å². The number of rotatable bonds is 1. The van der Waals surface area contributed by atoms with Gasteiger partial charge in [-0.15, -0.1) is 0 Å². The number of benzene rings is 1. The van der Waals surface area contributed by atoms with Crippen LogP contribution < -0.4 is 11.1 Å². The highest BCUT2D eigenvalue weighted by Crippen LogP contribution is 2.31. The predicted molar refractivity (Wildman–Crippen MR) is 79.4 cm³/mol. The van der Waals surface area contributed by atoms with Crippen molar-refractivity contribution in [1.29, 1.82) is 0 Å². The summed E-state index contributed by atoms with van der Waals surface area (Å²) in [5, 5.41) is 3.51. The molecular weight excluding hydrogens is 239 g/mol. The summed E-state index contributed by atoms with van der Waals surface area (Å²) in [4.78, 5) is 0. The third-order valence-corrected chi connectivity index (χ3v) is 3.75. The summed E-state index contributed by atoms with van der Waals surface area (Å²) in [5.74, 6) is -0.327. The van der Waals surface area contributed by atoms with Gasteiger partial charge in [-0.1, -0.05) is 26.8 Å². The summed E-state index contributed by atoms with van der Waals surface area (Å²) >= 11 is 0. The molecule has 1 unspecified atom stereocenters. The first kappa shape index (κ1) is 14.1. The Balaban J connectivity index is 2.41. The van der Waals surface area contributed by atoms with Crippen molar-refractivity contribution < 1.29 is 4.39 Å². The summed E-state index contributed by atoms with van der Waals surface area (Å²) in [6, 6.07) is 3.61. The average Bonchev–Trinajstić information content (AvgIpc) is 2.33. The second kappa shape index (κ2) is 4.97. The Bertz CT molecular complexity index is 512. The number of nitrogens with two attached hydrogens (primary N) is 1. The summed E-state index contributed by atoms with van der Waals surface area (Å²) in [7, 11) is 0. The maximum atomic E-state index is 13.7. The molecule has 3 N–H and O–H groups in total. The molecule has 1 aromatic carbocycles. The van der Waals surface area contributed by atoms with Crippen molar-refractivity contribution in [2.45, 2.75) is 40.2 Å². The van der Waals surface area contributed by atoms with E-state index in [9.17, 15) is 4.39 Å². The summed E-state index contributed by atoms with van der Waals surface area (Å²) in [6.45, 7) is 9.54. The molecule has 0 saturated heterocycles. The van der Waals surface area contributed by atoms with Crippen LogP contribution in [0.1, 0.15) is 38.3 Å². The van der Waals surface area contributed by atoms with E-state index < -0.39 is 0 Å². The fourth-order valence-electron chi connectivity index (χ4n) is 2.54. The fraction of sp³-hybridized carbons (Fsp3) is 0.500. The zero-order valence-electron chi connectivity index (χ0n) is 12.2. The molecule has 0 aromatic heterocycles. The van der Waals surface area contributed by atoms with Crippen LogP contribution in [0, 0.1) is 18.2 Å². The molecule has 0 radical (unpaired) electrons. The van der Waals surface area contributed by atoms with Gasteiger partial charge in [-0.25, -0.2) is 4.39 Å². The molecule has 1 atom stereocenters. The van der Waals surface area contributed by atoms with Crippen molar-refractivity contribution in [3.8, 4) is 0 Å². The zero-order chi connectivity index (χ0) is 14.2. The first-order chi connectivity index (χ1) is 8.79. The maximum Gasteiger partial charge on any atom is 0.146 e. The number of hydrogen-bond donors (Lipinski definition) is 2. The van der Waals surface area contributed by atoms with Gasteiger partial charge in [0, 0.05) is 6.04 Å². The second-order valence-electron chi connectivity index (χ2n) is 6.43. The van der Waals surface area contributed by atoms with E-state index in [1.165, 1.54) is 5.57 Å². The van der Waals surface area contributed by atoms with Gasteiger partial charge >= 0.3 is 0 Å². The molecule has 0 spiro atoms. The van der Waals surface area contributed by atoms with Crippen molar-refractivity contribution >= 4 is 11.3 Å². The topological polar surface area (TPSA) is 38.0 Å². The maximum absolute atomic E-state index is 13.7. The van der Waals surface area contributed by atoms with Crippen LogP contribution in [0.4, 0.5) is 10.1 Å². The van der Waals surface area contributed by atoms with Crippen LogP contribution in [0.15, 0.2) is 18.2 Å². The number of nitrogen functional groups attached to an aromatic ring is 1. The molecule has 0 amide bonds. The number of anilines is 1. The quantitative estimate of drug-likeness (QED) is 0.760.